The SMILES string of the molecule is N=c1ccn(-c2nccc(N)c2N)cc1N. The van der Waals surface area contributed by atoms with E-state index in [0.717, 1.165) is 0 Å². The molecule has 0 saturated heterocycles. The van der Waals surface area contributed by atoms with Crippen LogP contribution in [0.25, 0.3) is 5.82 Å². The number of nitrogen functional groups attached to an aromatic ring is 3. The Kier molecular flexibility index (Phi) is 2.24. The molecule has 2 aromatic rings. The van der Waals surface area contributed by atoms with Gasteiger partial charge in [0.25, 0.3) is 0 Å². The van der Waals surface area contributed by atoms with E-state index >= 15 is 0 Å². The van der Waals surface area contributed by atoms with E-state index in [1.54, 1.807) is 35.3 Å². The Bertz CT molecular complexity index is 586. The van der Waals surface area contributed by atoms with E-state index in [-0.39, 0.29) is 5.36 Å². The average Bonchev–Trinajstić information content (AvgIpc) is 2.26. The standard InChI is InChI=1S/C10H12N6/c11-6-2-4-16(5-8(6)13)10-9(14)7(12)1-3-15-10/h1-5,11H,13-14H2,(H2,12,15). The van der Waals surface area contributed by atoms with Crippen molar-refractivity contribution in [2.75, 3.05) is 17.2 Å². The van der Waals surface area contributed by atoms with E-state index in [9.17, 15) is 0 Å². The predicted molar refractivity (Wildman–Crippen MR) is 62.7 cm³/mol. The molecule has 2 rings (SSSR count). The highest BCUT2D eigenvalue weighted by atomic mass is 15.1. The fraction of sp³-hybridized carbons (Fsp3) is 0. The van der Waals surface area contributed by atoms with Gasteiger partial charge in [-0.15, -0.1) is 0 Å². The molecule has 2 heterocycles. The molecule has 0 spiro atoms. The highest BCUT2D eigenvalue weighted by Crippen LogP contribution is 2.20. The van der Waals surface area contributed by atoms with Crippen LogP contribution in [-0.2, 0) is 0 Å². The number of pyridine rings is 2. The van der Waals surface area contributed by atoms with Gasteiger partial charge in [0.05, 0.1) is 22.4 Å². The van der Waals surface area contributed by atoms with Gasteiger partial charge in [-0.05, 0) is 12.1 Å². The van der Waals surface area contributed by atoms with Crippen LogP contribution in [0.2, 0.25) is 0 Å². The lowest BCUT2D eigenvalue weighted by Gasteiger charge is -2.10. The van der Waals surface area contributed by atoms with Crippen LogP contribution in [0.4, 0.5) is 17.1 Å². The number of rotatable bonds is 1. The maximum Gasteiger partial charge on any atom is 0.162 e. The van der Waals surface area contributed by atoms with Crippen molar-refractivity contribution >= 4 is 17.1 Å². The van der Waals surface area contributed by atoms with Gasteiger partial charge in [0.15, 0.2) is 5.82 Å². The molecule has 16 heavy (non-hydrogen) atoms. The summed E-state index contributed by atoms with van der Waals surface area (Å²) >= 11 is 0. The molecule has 0 aliphatic rings. The summed E-state index contributed by atoms with van der Waals surface area (Å²) in [7, 11) is 0. The van der Waals surface area contributed by atoms with Crippen LogP contribution in [0.1, 0.15) is 0 Å². The number of nitrogens with one attached hydrogen (secondary N) is 1. The van der Waals surface area contributed by atoms with Gasteiger partial charge in [-0.25, -0.2) is 4.98 Å². The van der Waals surface area contributed by atoms with Crippen molar-refractivity contribution in [1.29, 1.82) is 5.41 Å². The summed E-state index contributed by atoms with van der Waals surface area (Å²) in [5.41, 5.74) is 18.3. The molecule has 0 atom stereocenters. The summed E-state index contributed by atoms with van der Waals surface area (Å²) in [6, 6.07) is 3.20. The van der Waals surface area contributed by atoms with Crippen LogP contribution < -0.4 is 22.6 Å². The first kappa shape index (κ1) is 10.0. The molecule has 0 aliphatic carbocycles. The molecule has 2 aromatic heterocycles. The van der Waals surface area contributed by atoms with Crippen molar-refractivity contribution in [3.05, 3.63) is 36.1 Å². The van der Waals surface area contributed by atoms with Gasteiger partial charge < -0.3 is 21.8 Å². The summed E-state index contributed by atoms with van der Waals surface area (Å²) in [6.45, 7) is 0. The Morgan fingerprint density at radius 3 is 2.56 bits per heavy atom. The molecule has 6 heteroatoms. The summed E-state index contributed by atoms with van der Waals surface area (Å²) in [6.07, 6.45) is 4.82. The van der Waals surface area contributed by atoms with Gasteiger partial charge in [0.1, 0.15) is 0 Å². The van der Waals surface area contributed by atoms with E-state index < -0.39 is 0 Å². The molecule has 0 unspecified atom stereocenters. The minimum Gasteiger partial charge on any atom is -0.397 e. The molecule has 0 amide bonds. The minimum atomic E-state index is 0.263. The first-order valence-corrected chi connectivity index (χ1v) is 4.62. The molecule has 82 valence electrons. The van der Waals surface area contributed by atoms with E-state index in [1.165, 1.54) is 0 Å². The lowest BCUT2D eigenvalue weighted by Crippen LogP contribution is -2.12. The average molecular weight is 216 g/mol. The van der Waals surface area contributed by atoms with Crippen LogP contribution in [0, 0.1) is 5.41 Å². The quantitative estimate of drug-likeness (QED) is 0.540. The fourth-order valence-corrected chi connectivity index (χ4v) is 1.33. The molecular weight excluding hydrogens is 204 g/mol. The molecular formula is C10H12N6. The molecule has 0 radical (unpaired) electrons. The molecule has 0 aromatic carbocycles. The van der Waals surface area contributed by atoms with Crippen LogP contribution >= 0.6 is 0 Å². The number of aromatic nitrogens is 2. The molecule has 0 aliphatic heterocycles. The van der Waals surface area contributed by atoms with Crippen LogP contribution in [0.3, 0.4) is 0 Å². The zero-order chi connectivity index (χ0) is 11.7. The molecule has 7 N–H and O–H groups in total. The van der Waals surface area contributed by atoms with Crippen molar-refractivity contribution in [2.45, 2.75) is 0 Å². The van der Waals surface area contributed by atoms with Crippen molar-refractivity contribution in [1.82, 2.24) is 9.55 Å². The summed E-state index contributed by atoms with van der Waals surface area (Å²) in [4.78, 5) is 4.12. The second-order valence-electron chi connectivity index (χ2n) is 3.36. The zero-order valence-corrected chi connectivity index (χ0v) is 8.51. The van der Waals surface area contributed by atoms with Gasteiger partial charge >= 0.3 is 0 Å². The van der Waals surface area contributed by atoms with Crippen LogP contribution in [0.15, 0.2) is 30.7 Å². The summed E-state index contributed by atoms with van der Waals surface area (Å²) in [5, 5.41) is 7.72. The molecule has 0 fully saturated rings. The molecule has 0 bridgehead atoms. The third-order valence-electron chi connectivity index (χ3n) is 2.24. The Balaban J connectivity index is 2.63. The van der Waals surface area contributed by atoms with Crippen LogP contribution in [-0.4, -0.2) is 9.55 Å². The van der Waals surface area contributed by atoms with Gasteiger partial charge in [-0.2, -0.15) is 0 Å². The second-order valence-corrected chi connectivity index (χ2v) is 3.36. The zero-order valence-electron chi connectivity index (χ0n) is 8.51. The third kappa shape index (κ3) is 1.56. The second kappa shape index (κ2) is 3.58. The smallest absolute Gasteiger partial charge is 0.162 e. The molecule has 0 saturated carbocycles. The molecule has 6 nitrogen and oxygen atoms in total. The fourth-order valence-electron chi connectivity index (χ4n) is 1.33. The number of hydrogen-bond acceptors (Lipinski definition) is 5. The number of hydrogen-bond donors (Lipinski definition) is 4. The van der Waals surface area contributed by atoms with E-state index in [1.807, 2.05) is 0 Å². The number of nitrogens with zero attached hydrogens (tertiary/aromatic N) is 2. The minimum absolute atomic E-state index is 0.263. The number of nitrogens with two attached hydrogens (primary N) is 3. The van der Waals surface area contributed by atoms with Crippen molar-refractivity contribution in [2.24, 2.45) is 0 Å². The number of anilines is 3. The van der Waals surface area contributed by atoms with Crippen LogP contribution in [0.5, 0.6) is 0 Å². The highest BCUT2D eigenvalue weighted by Gasteiger charge is 2.05. The Morgan fingerprint density at radius 1 is 1.12 bits per heavy atom. The van der Waals surface area contributed by atoms with E-state index in [0.29, 0.717) is 22.9 Å². The van der Waals surface area contributed by atoms with Gasteiger partial charge in [0, 0.05) is 18.6 Å². The predicted octanol–water partition coefficient (Wildman–Crippen LogP) is 0.0984. The first-order chi connectivity index (χ1) is 7.59. The normalized spacial score (nSPS) is 10.2. The van der Waals surface area contributed by atoms with E-state index in [2.05, 4.69) is 4.98 Å². The lowest BCUT2D eigenvalue weighted by atomic mass is 10.3. The van der Waals surface area contributed by atoms with E-state index in [4.69, 9.17) is 22.6 Å². The Hall–Kier alpha value is -2.50. The van der Waals surface area contributed by atoms with Gasteiger partial charge in [-0.3, -0.25) is 5.41 Å². The van der Waals surface area contributed by atoms with Crippen molar-refractivity contribution in [3.63, 3.8) is 0 Å². The lowest BCUT2D eigenvalue weighted by molar-refractivity contribution is 0.980. The van der Waals surface area contributed by atoms with Gasteiger partial charge in [0.2, 0.25) is 0 Å². The maximum atomic E-state index is 7.46. The van der Waals surface area contributed by atoms with Crippen molar-refractivity contribution < 1.29 is 0 Å². The third-order valence-corrected chi connectivity index (χ3v) is 2.24. The summed E-state index contributed by atoms with van der Waals surface area (Å²) < 4.78 is 1.64. The monoisotopic (exact) mass is 216 g/mol. The highest BCUT2D eigenvalue weighted by molar-refractivity contribution is 5.70. The van der Waals surface area contributed by atoms with Gasteiger partial charge in [-0.1, -0.05) is 0 Å². The Morgan fingerprint density at radius 2 is 1.88 bits per heavy atom. The largest absolute Gasteiger partial charge is 0.397 e. The topological polar surface area (TPSA) is 120 Å². The van der Waals surface area contributed by atoms with Crippen molar-refractivity contribution in [3.8, 4) is 5.82 Å². The maximum absolute atomic E-state index is 7.46. The Labute approximate surface area is 91.8 Å². The summed E-state index contributed by atoms with van der Waals surface area (Å²) in [5.74, 6) is 0.506. The first-order valence-electron chi connectivity index (χ1n) is 4.62.